The fourth-order valence-corrected chi connectivity index (χ4v) is 2.74. The Labute approximate surface area is 152 Å². The summed E-state index contributed by atoms with van der Waals surface area (Å²) in [4.78, 5) is 38.6. The van der Waals surface area contributed by atoms with Crippen LogP contribution in [-0.2, 0) is 9.59 Å². The number of amides is 2. The van der Waals surface area contributed by atoms with Crippen LogP contribution < -0.4 is 15.1 Å². The molecule has 0 aliphatic carbocycles. The van der Waals surface area contributed by atoms with E-state index in [-0.39, 0.29) is 0 Å². The van der Waals surface area contributed by atoms with Crippen LogP contribution in [-0.4, -0.2) is 67.0 Å². The van der Waals surface area contributed by atoms with Crippen LogP contribution in [0.2, 0.25) is 0 Å². The van der Waals surface area contributed by atoms with Gasteiger partial charge in [0.2, 0.25) is 5.95 Å². The zero-order valence-corrected chi connectivity index (χ0v) is 14.9. The van der Waals surface area contributed by atoms with Crippen molar-refractivity contribution in [1.29, 1.82) is 0 Å². The molecular weight excluding hydrogens is 332 g/mol. The SMILES string of the molecule is CN(C)c1ccc(NC(=O)C(=O)N2CCN(c3ncccn3)CC2)cc1. The Balaban J connectivity index is 1.54. The molecule has 1 aromatic carbocycles. The Morgan fingerprint density at radius 3 is 2.19 bits per heavy atom. The van der Waals surface area contributed by atoms with E-state index in [1.807, 2.05) is 36.0 Å². The van der Waals surface area contributed by atoms with Gasteiger partial charge in [-0.3, -0.25) is 9.59 Å². The molecule has 1 N–H and O–H groups in total. The quantitative estimate of drug-likeness (QED) is 0.823. The van der Waals surface area contributed by atoms with E-state index >= 15 is 0 Å². The minimum Gasteiger partial charge on any atom is -0.378 e. The molecule has 2 aromatic rings. The minimum atomic E-state index is -0.619. The van der Waals surface area contributed by atoms with Gasteiger partial charge in [-0.05, 0) is 30.3 Å². The summed E-state index contributed by atoms with van der Waals surface area (Å²) in [6.45, 7) is 2.12. The summed E-state index contributed by atoms with van der Waals surface area (Å²) in [6, 6.07) is 9.10. The first-order valence-corrected chi connectivity index (χ1v) is 8.44. The Morgan fingerprint density at radius 2 is 1.62 bits per heavy atom. The Morgan fingerprint density at radius 1 is 1.00 bits per heavy atom. The average Bonchev–Trinajstić information content (AvgIpc) is 2.68. The van der Waals surface area contributed by atoms with Crippen LogP contribution in [0.4, 0.5) is 17.3 Å². The monoisotopic (exact) mass is 354 g/mol. The van der Waals surface area contributed by atoms with Crippen molar-refractivity contribution in [2.24, 2.45) is 0 Å². The maximum atomic E-state index is 12.4. The summed E-state index contributed by atoms with van der Waals surface area (Å²) in [7, 11) is 3.88. The smallest absolute Gasteiger partial charge is 0.313 e. The largest absolute Gasteiger partial charge is 0.378 e. The molecule has 3 rings (SSSR count). The molecule has 0 radical (unpaired) electrons. The molecule has 1 aromatic heterocycles. The Bertz CT molecular complexity index is 755. The maximum Gasteiger partial charge on any atom is 0.313 e. The number of nitrogens with one attached hydrogen (secondary N) is 1. The van der Waals surface area contributed by atoms with Gasteiger partial charge in [0.05, 0.1) is 0 Å². The van der Waals surface area contributed by atoms with E-state index in [4.69, 9.17) is 0 Å². The Kier molecular flexibility index (Phi) is 5.31. The predicted molar refractivity (Wildman–Crippen MR) is 100 cm³/mol. The number of piperazine rings is 1. The number of nitrogens with zero attached hydrogens (tertiary/aromatic N) is 5. The molecule has 0 saturated carbocycles. The summed E-state index contributed by atoms with van der Waals surface area (Å²) < 4.78 is 0. The van der Waals surface area contributed by atoms with Gasteiger partial charge in [-0.2, -0.15) is 0 Å². The van der Waals surface area contributed by atoms with Crippen LogP contribution in [0, 0.1) is 0 Å². The van der Waals surface area contributed by atoms with Crippen molar-refractivity contribution >= 4 is 29.1 Å². The van der Waals surface area contributed by atoms with E-state index in [1.165, 1.54) is 0 Å². The molecule has 2 heterocycles. The van der Waals surface area contributed by atoms with Gasteiger partial charge in [0.25, 0.3) is 0 Å². The van der Waals surface area contributed by atoms with Crippen molar-refractivity contribution in [2.75, 3.05) is 55.4 Å². The molecule has 8 nitrogen and oxygen atoms in total. The number of hydrogen-bond acceptors (Lipinski definition) is 6. The predicted octanol–water partition coefficient (Wildman–Crippen LogP) is 0.830. The molecule has 0 atom stereocenters. The molecule has 1 aliphatic rings. The van der Waals surface area contributed by atoms with Gasteiger partial charge in [0, 0.05) is 64.0 Å². The van der Waals surface area contributed by atoms with Crippen LogP contribution in [0.1, 0.15) is 0 Å². The van der Waals surface area contributed by atoms with Gasteiger partial charge in [0.1, 0.15) is 0 Å². The summed E-state index contributed by atoms with van der Waals surface area (Å²) in [5.41, 5.74) is 1.62. The highest BCUT2D eigenvalue weighted by Gasteiger charge is 2.26. The van der Waals surface area contributed by atoms with Crippen LogP contribution in [0.3, 0.4) is 0 Å². The van der Waals surface area contributed by atoms with Gasteiger partial charge < -0.3 is 20.0 Å². The second kappa shape index (κ2) is 7.81. The molecule has 0 spiro atoms. The molecule has 1 aliphatic heterocycles. The lowest BCUT2D eigenvalue weighted by molar-refractivity contribution is -0.143. The van der Waals surface area contributed by atoms with Crippen molar-refractivity contribution in [2.45, 2.75) is 0 Å². The van der Waals surface area contributed by atoms with Gasteiger partial charge >= 0.3 is 11.8 Å². The highest BCUT2D eigenvalue weighted by atomic mass is 16.2. The van der Waals surface area contributed by atoms with Gasteiger partial charge in [0.15, 0.2) is 0 Å². The Hall–Kier alpha value is -3.16. The first-order chi connectivity index (χ1) is 12.5. The third-order valence-electron chi connectivity index (χ3n) is 4.24. The molecule has 2 amide bonds. The van der Waals surface area contributed by atoms with E-state index in [0.717, 1.165) is 5.69 Å². The zero-order chi connectivity index (χ0) is 18.5. The van der Waals surface area contributed by atoms with Crippen molar-refractivity contribution in [3.63, 3.8) is 0 Å². The lowest BCUT2D eigenvalue weighted by Crippen LogP contribution is -2.52. The fourth-order valence-electron chi connectivity index (χ4n) is 2.74. The molecule has 1 saturated heterocycles. The number of anilines is 3. The number of hydrogen-bond donors (Lipinski definition) is 1. The third-order valence-corrected chi connectivity index (χ3v) is 4.24. The van der Waals surface area contributed by atoms with Crippen molar-refractivity contribution in [3.05, 3.63) is 42.7 Å². The number of aromatic nitrogens is 2. The summed E-state index contributed by atoms with van der Waals surface area (Å²) in [5, 5.41) is 2.66. The average molecular weight is 354 g/mol. The fraction of sp³-hybridized carbons (Fsp3) is 0.333. The molecule has 136 valence electrons. The highest BCUT2D eigenvalue weighted by Crippen LogP contribution is 2.16. The van der Waals surface area contributed by atoms with Gasteiger partial charge in [-0.15, -0.1) is 0 Å². The van der Waals surface area contributed by atoms with Crippen LogP contribution in [0.5, 0.6) is 0 Å². The van der Waals surface area contributed by atoms with E-state index in [1.54, 1.807) is 35.5 Å². The van der Waals surface area contributed by atoms with Crippen molar-refractivity contribution < 1.29 is 9.59 Å². The first-order valence-electron chi connectivity index (χ1n) is 8.44. The second-order valence-corrected chi connectivity index (χ2v) is 6.22. The molecular formula is C18H22N6O2. The lowest BCUT2D eigenvalue weighted by Gasteiger charge is -2.34. The number of carbonyl (C=O) groups is 2. The molecule has 26 heavy (non-hydrogen) atoms. The van der Waals surface area contributed by atoms with Crippen molar-refractivity contribution in [3.8, 4) is 0 Å². The topological polar surface area (TPSA) is 81.7 Å². The lowest BCUT2D eigenvalue weighted by atomic mass is 10.2. The minimum absolute atomic E-state index is 0.462. The third kappa shape index (κ3) is 4.08. The normalized spacial score (nSPS) is 14.1. The van der Waals surface area contributed by atoms with Crippen LogP contribution in [0.25, 0.3) is 0 Å². The van der Waals surface area contributed by atoms with E-state index < -0.39 is 11.8 Å². The summed E-state index contributed by atoms with van der Waals surface area (Å²) in [6.07, 6.45) is 3.38. The standard InChI is InChI=1S/C18H22N6O2/c1-22(2)15-6-4-14(5-7-15)21-16(25)17(26)23-10-12-24(13-11-23)18-19-8-3-9-20-18/h3-9H,10-13H2,1-2H3,(H,21,25). The summed E-state index contributed by atoms with van der Waals surface area (Å²) >= 11 is 0. The second-order valence-electron chi connectivity index (χ2n) is 6.22. The van der Waals surface area contributed by atoms with Gasteiger partial charge in [-0.25, -0.2) is 9.97 Å². The van der Waals surface area contributed by atoms with E-state index in [2.05, 4.69) is 15.3 Å². The summed E-state index contributed by atoms with van der Waals surface area (Å²) in [5.74, 6) is -0.493. The molecule has 8 heteroatoms. The zero-order valence-electron chi connectivity index (χ0n) is 14.9. The highest BCUT2D eigenvalue weighted by molar-refractivity contribution is 6.39. The maximum absolute atomic E-state index is 12.4. The number of rotatable bonds is 3. The van der Waals surface area contributed by atoms with E-state index in [9.17, 15) is 9.59 Å². The van der Waals surface area contributed by atoms with Gasteiger partial charge in [-0.1, -0.05) is 0 Å². The molecule has 0 bridgehead atoms. The van der Waals surface area contributed by atoms with Crippen LogP contribution in [0.15, 0.2) is 42.7 Å². The number of benzene rings is 1. The van der Waals surface area contributed by atoms with E-state index in [0.29, 0.717) is 37.8 Å². The molecule has 1 fully saturated rings. The number of carbonyl (C=O) groups excluding carboxylic acids is 2. The van der Waals surface area contributed by atoms with Crippen molar-refractivity contribution in [1.82, 2.24) is 14.9 Å². The van der Waals surface area contributed by atoms with Crippen LogP contribution >= 0.6 is 0 Å². The first kappa shape index (κ1) is 17.7. The molecule has 0 unspecified atom stereocenters.